The quantitative estimate of drug-likeness (QED) is 0.757. The number of hydrogen-bond acceptors (Lipinski definition) is 4. The van der Waals surface area contributed by atoms with Gasteiger partial charge in [0.25, 0.3) is 0 Å². The molecule has 1 rings (SSSR count). The lowest BCUT2D eigenvalue weighted by Crippen LogP contribution is -2.37. The number of aromatic amines is 1. The third-order valence-corrected chi connectivity index (χ3v) is 3.32. The summed E-state index contributed by atoms with van der Waals surface area (Å²) >= 11 is 0. The van der Waals surface area contributed by atoms with Crippen molar-refractivity contribution in [1.29, 1.82) is 0 Å². The van der Waals surface area contributed by atoms with E-state index < -0.39 is 5.41 Å². The van der Waals surface area contributed by atoms with Crippen LogP contribution in [0.15, 0.2) is 0 Å². The highest BCUT2D eigenvalue weighted by atomic mass is 16.5. The lowest BCUT2D eigenvalue weighted by atomic mass is 9.81. The number of nitrogens with one attached hydrogen (secondary N) is 1. The average molecular weight is 253 g/mol. The largest absolute Gasteiger partial charge is 0.465 e. The number of aryl methyl sites for hydroxylation is 1. The van der Waals surface area contributed by atoms with Gasteiger partial charge in [-0.05, 0) is 26.2 Å². The Hall–Kier alpha value is -1.39. The van der Waals surface area contributed by atoms with Gasteiger partial charge >= 0.3 is 5.97 Å². The van der Waals surface area contributed by atoms with Gasteiger partial charge in [0.2, 0.25) is 0 Å². The maximum absolute atomic E-state index is 12.2. The molecule has 0 bridgehead atoms. The normalized spacial score (nSPS) is 11.6. The molecule has 0 saturated carbocycles. The molecule has 0 aliphatic heterocycles. The summed E-state index contributed by atoms with van der Waals surface area (Å²) in [5.41, 5.74) is -0.710. The molecule has 0 saturated heterocycles. The molecule has 0 fully saturated rings. The van der Waals surface area contributed by atoms with Crippen molar-refractivity contribution in [2.75, 3.05) is 6.61 Å². The molecule has 0 radical (unpaired) electrons. The van der Waals surface area contributed by atoms with Gasteiger partial charge in [-0.3, -0.25) is 9.89 Å². The first-order valence-electron chi connectivity index (χ1n) is 6.73. The molecular weight excluding hydrogens is 230 g/mol. The summed E-state index contributed by atoms with van der Waals surface area (Å²) < 4.78 is 5.18. The Kier molecular flexibility index (Phi) is 5.31. The number of hydrogen-bond donors (Lipinski definition) is 1. The molecule has 0 aliphatic rings. The van der Waals surface area contributed by atoms with Gasteiger partial charge in [-0.25, -0.2) is 4.98 Å². The standard InChI is InChI=1S/C13H23N3O2/c1-5-9-10-14-11(16-15-10)13(6-2,7-3)12(17)18-8-4/h5-9H2,1-4H3,(H,14,15,16). The zero-order chi connectivity index (χ0) is 13.6. The first-order chi connectivity index (χ1) is 8.64. The monoisotopic (exact) mass is 253 g/mol. The molecule has 1 aromatic heterocycles. The van der Waals surface area contributed by atoms with Crippen LogP contribution in [0.3, 0.4) is 0 Å². The third-order valence-electron chi connectivity index (χ3n) is 3.32. The summed E-state index contributed by atoms with van der Waals surface area (Å²) in [4.78, 5) is 16.6. The molecule has 0 spiro atoms. The Bertz CT molecular complexity index is 383. The van der Waals surface area contributed by atoms with E-state index in [1.807, 2.05) is 20.8 Å². The van der Waals surface area contributed by atoms with E-state index in [4.69, 9.17) is 4.74 Å². The summed E-state index contributed by atoms with van der Waals surface area (Å²) in [6.07, 6.45) is 3.14. The number of ether oxygens (including phenoxy) is 1. The van der Waals surface area contributed by atoms with Crippen molar-refractivity contribution in [3.8, 4) is 0 Å². The van der Waals surface area contributed by atoms with Gasteiger partial charge in [0.05, 0.1) is 6.61 Å². The van der Waals surface area contributed by atoms with E-state index in [1.165, 1.54) is 0 Å². The molecule has 0 aliphatic carbocycles. The predicted molar refractivity (Wildman–Crippen MR) is 69.3 cm³/mol. The zero-order valence-corrected chi connectivity index (χ0v) is 11.7. The highest BCUT2D eigenvalue weighted by Crippen LogP contribution is 2.30. The summed E-state index contributed by atoms with van der Waals surface area (Å²) in [6.45, 7) is 8.22. The van der Waals surface area contributed by atoms with E-state index in [-0.39, 0.29) is 5.97 Å². The number of esters is 1. The Morgan fingerprint density at radius 3 is 2.44 bits per heavy atom. The molecule has 5 nitrogen and oxygen atoms in total. The minimum Gasteiger partial charge on any atom is -0.465 e. The van der Waals surface area contributed by atoms with Crippen LogP contribution in [-0.4, -0.2) is 27.8 Å². The third kappa shape index (κ3) is 2.71. The van der Waals surface area contributed by atoms with E-state index in [0.29, 0.717) is 25.3 Å². The highest BCUT2D eigenvalue weighted by Gasteiger charge is 2.42. The summed E-state index contributed by atoms with van der Waals surface area (Å²) in [6, 6.07) is 0. The van der Waals surface area contributed by atoms with Gasteiger partial charge in [0.1, 0.15) is 11.2 Å². The minimum absolute atomic E-state index is 0.225. The van der Waals surface area contributed by atoms with Crippen molar-refractivity contribution in [2.24, 2.45) is 0 Å². The second-order valence-corrected chi connectivity index (χ2v) is 4.37. The van der Waals surface area contributed by atoms with Gasteiger partial charge < -0.3 is 4.74 Å². The van der Waals surface area contributed by atoms with Crippen molar-refractivity contribution in [1.82, 2.24) is 15.2 Å². The van der Waals surface area contributed by atoms with Crippen LogP contribution in [0.4, 0.5) is 0 Å². The number of H-pyrrole nitrogens is 1. The van der Waals surface area contributed by atoms with Gasteiger partial charge in [0.15, 0.2) is 5.82 Å². The van der Waals surface area contributed by atoms with Crippen LogP contribution in [-0.2, 0) is 21.4 Å². The maximum Gasteiger partial charge on any atom is 0.319 e. The topological polar surface area (TPSA) is 67.9 Å². The van der Waals surface area contributed by atoms with E-state index in [0.717, 1.165) is 18.7 Å². The Morgan fingerprint density at radius 1 is 1.28 bits per heavy atom. The molecule has 0 aromatic carbocycles. The molecule has 0 unspecified atom stereocenters. The van der Waals surface area contributed by atoms with Crippen LogP contribution < -0.4 is 0 Å². The molecule has 18 heavy (non-hydrogen) atoms. The fourth-order valence-corrected chi connectivity index (χ4v) is 2.07. The van der Waals surface area contributed by atoms with E-state index in [1.54, 1.807) is 0 Å². The SMILES string of the molecule is CCCc1nc(C(CC)(CC)C(=O)OCC)n[nH]1. The Balaban J connectivity index is 3.05. The first kappa shape index (κ1) is 14.7. The highest BCUT2D eigenvalue weighted by molar-refractivity contribution is 5.81. The van der Waals surface area contributed by atoms with Crippen molar-refractivity contribution in [3.63, 3.8) is 0 Å². The molecule has 0 amide bonds. The second-order valence-electron chi connectivity index (χ2n) is 4.37. The predicted octanol–water partition coefficient (Wildman–Crippen LogP) is 2.38. The summed E-state index contributed by atoms with van der Waals surface area (Å²) in [7, 11) is 0. The van der Waals surface area contributed by atoms with E-state index in [2.05, 4.69) is 22.1 Å². The Labute approximate surface area is 108 Å². The first-order valence-corrected chi connectivity index (χ1v) is 6.73. The van der Waals surface area contributed by atoms with Crippen molar-refractivity contribution in [2.45, 2.75) is 58.8 Å². The number of rotatable bonds is 7. The fraction of sp³-hybridized carbons (Fsp3) is 0.769. The van der Waals surface area contributed by atoms with E-state index >= 15 is 0 Å². The second kappa shape index (κ2) is 6.52. The van der Waals surface area contributed by atoms with Crippen molar-refractivity contribution < 1.29 is 9.53 Å². The number of carbonyl (C=O) groups excluding carboxylic acids is 1. The number of carbonyl (C=O) groups is 1. The van der Waals surface area contributed by atoms with Crippen molar-refractivity contribution >= 4 is 5.97 Å². The molecule has 1 N–H and O–H groups in total. The Morgan fingerprint density at radius 2 is 1.94 bits per heavy atom. The van der Waals surface area contributed by atoms with Crippen LogP contribution in [0.2, 0.25) is 0 Å². The van der Waals surface area contributed by atoms with Gasteiger partial charge in [0, 0.05) is 6.42 Å². The number of nitrogens with zero attached hydrogens (tertiary/aromatic N) is 2. The smallest absolute Gasteiger partial charge is 0.319 e. The van der Waals surface area contributed by atoms with Gasteiger partial charge in [-0.2, -0.15) is 5.10 Å². The maximum atomic E-state index is 12.2. The van der Waals surface area contributed by atoms with Crippen molar-refractivity contribution in [3.05, 3.63) is 11.6 Å². The fourth-order valence-electron chi connectivity index (χ4n) is 2.07. The lowest BCUT2D eigenvalue weighted by molar-refractivity contribution is -0.151. The number of aromatic nitrogens is 3. The molecule has 0 atom stereocenters. The zero-order valence-electron chi connectivity index (χ0n) is 11.7. The van der Waals surface area contributed by atoms with Crippen LogP contribution in [0.5, 0.6) is 0 Å². The molecule has 102 valence electrons. The van der Waals surface area contributed by atoms with E-state index in [9.17, 15) is 4.79 Å². The molecule has 5 heteroatoms. The van der Waals surface area contributed by atoms with Gasteiger partial charge in [-0.1, -0.05) is 20.8 Å². The summed E-state index contributed by atoms with van der Waals surface area (Å²) in [5.74, 6) is 1.18. The molecular formula is C13H23N3O2. The van der Waals surface area contributed by atoms with Gasteiger partial charge in [-0.15, -0.1) is 0 Å². The van der Waals surface area contributed by atoms with Crippen LogP contribution in [0.1, 0.15) is 58.6 Å². The average Bonchev–Trinajstić information content (AvgIpc) is 2.81. The minimum atomic E-state index is -0.710. The molecule has 1 heterocycles. The van der Waals surface area contributed by atoms with Crippen LogP contribution in [0, 0.1) is 0 Å². The van der Waals surface area contributed by atoms with Crippen LogP contribution >= 0.6 is 0 Å². The summed E-state index contributed by atoms with van der Waals surface area (Å²) in [5, 5.41) is 7.12. The lowest BCUT2D eigenvalue weighted by Gasteiger charge is -2.25. The van der Waals surface area contributed by atoms with Crippen LogP contribution in [0.25, 0.3) is 0 Å². The molecule has 1 aromatic rings.